The minimum Gasteiger partial charge on any atom is -0.334 e. The monoisotopic (exact) mass is 302 g/mol. The van der Waals surface area contributed by atoms with Crippen LogP contribution in [0.1, 0.15) is 17.3 Å². The molecule has 0 aliphatic rings. The normalized spacial score (nSPS) is 10.0. The number of carbonyl (C=O) groups is 1. The summed E-state index contributed by atoms with van der Waals surface area (Å²) in [4.78, 5) is 35.0. The Balaban J connectivity index is 2.34. The van der Waals surface area contributed by atoms with Crippen molar-refractivity contribution >= 4 is 28.7 Å². The first kappa shape index (κ1) is 15.0. The number of pyridine rings is 1. The van der Waals surface area contributed by atoms with Gasteiger partial charge >= 0.3 is 5.69 Å². The van der Waals surface area contributed by atoms with Crippen molar-refractivity contribution in [1.82, 2.24) is 4.98 Å². The Kier molecular flexibility index (Phi) is 4.07. The first-order valence-electron chi connectivity index (χ1n) is 6.05. The number of ketones is 1. The molecule has 0 radical (unpaired) electrons. The highest BCUT2D eigenvalue weighted by Crippen LogP contribution is 2.28. The Labute approximate surface area is 123 Å². The van der Waals surface area contributed by atoms with Crippen molar-refractivity contribution in [3.63, 3.8) is 0 Å². The molecule has 2 rings (SSSR count). The fraction of sp³-hybridized carbons (Fsp3) is 0.0769. The van der Waals surface area contributed by atoms with Gasteiger partial charge < -0.3 is 5.32 Å². The van der Waals surface area contributed by atoms with Crippen molar-refractivity contribution in [3.8, 4) is 0 Å². The third-order valence-corrected chi connectivity index (χ3v) is 2.81. The van der Waals surface area contributed by atoms with Gasteiger partial charge in [-0.15, -0.1) is 0 Å². The van der Waals surface area contributed by atoms with Crippen LogP contribution in [-0.4, -0.2) is 20.6 Å². The van der Waals surface area contributed by atoms with Gasteiger partial charge in [-0.1, -0.05) is 0 Å². The van der Waals surface area contributed by atoms with E-state index in [1.807, 2.05) is 0 Å². The molecule has 9 heteroatoms. The van der Waals surface area contributed by atoms with Crippen LogP contribution in [0.4, 0.5) is 22.9 Å². The summed E-state index contributed by atoms with van der Waals surface area (Å²) in [5.41, 5.74) is -0.0137. The van der Waals surface area contributed by atoms with Crippen molar-refractivity contribution in [1.29, 1.82) is 0 Å². The molecule has 1 heterocycles. The van der Waals surface area contributed by atoms with E-state index in [0.717, 1.165) is 12.3 Å². The summed E-state index contributed by atoms with van der Waals surface area (Å²) in [6.07, 6.45) is 0.930. The number of hydrogen-bond acceptors (Lipinski definition) is 7. The number of anilines is 2. The lowest BCUT2D eigenvalue weighted by Crippen LogP contribution is -2.01. The molecular weight excluding hydrogens is 292 g/mol. The minimum absolute atomic E-state index is 0.106. The van der Waals surface area contributed by atoms with E-state index in [1.54, 1.807) is 24.3 Å². The minimum atomic E-state index is -0.758. The average molecular weight is 302 g/mol. The fourth-order valence-electron chi connectivity index (χ4n) is 1.70. The molecule has 0 spiro atoms. The zero-order chi connectivity index (χ0) is 16.3. The van der Waals surface area contributed by atoms with E-state index in [2.05, 4.69) is 10.3 Å². The highest BCUT2D eigenvalue weighted by Gasteiger charge is 2.21. The topological polar surface area (TPSA) is 128 Å². The average Bonchev–Trinajstić information content (AvgIpc) is 2.47. The summed E-state index contributed by atoms with van der Waals surface area (Å²) in [6, 6.07) is 7.07. The molecule has 0 saturated heterocycles. The van der Waals surface area contributed by atoms with E-state index in [-0.39, 0.29) is 11.6 Å². The van der Waals surface area contributed by atoms with Crippen LogP contribution in [0.25, 0.3) is 0 Å². The SMILES string of the molecule is CC(=O)c1ccc(Nc2ncc([N+](=O)[O-])cc2[N+](=O)[O-])cc1. The van der Waals surface area contributed by atoms with Crippen LogP contribution in [0.5, 0.6) is 0 Å². The van der Waals surface area contributed by atoms with Gasteiger partial charge in [0.1, 0.15) is 6.20 Å². The van der Waals surface area contributed by atoms with E-state index in [1.165, 1.54) is 6.92 Å². The smallest absolute Gasteiger partial charge is 0.318 e. The lowest BCUT2D eigenvalue weighted by atomic mass is 10.1. The molecule has 0 amide bonds. The van der Waals surface area contributed by atoms with Gasteiger partial charge in [0.2, 0.25) is 5.82 Å². The van der Waals surface area contributed by atoms with Crippen molar-refractivity contribution in [2.24, 2.45) is 0 Å². The molecular formula is C13H10N4O5. The molecule has 0 fully saturated rings. The van der Waals surface area contributed by atoms with Crippen molar-refractivity contribution in [2.75, 3.05) is 5.32 Å². The number of Topliss-reactive ketones (excluding diaryl/α,β-unsaturated/α-hetero) is 1. The van der Waals surface area contributed by atoms with Gasteiger partial charge in [0.25, 0.3) is 5.69 Å². The second-order valence-corrected chi connectivity index (χ2v) is 4.33. The van der Waals surface area contributed by atoms with Crippen LogP contribution < -0.4 is 5.32 Å². The van der Waals surface area contributed by atoms with Crippen LogP contribution in [-0.2, 0) is 0 Å². The number of nitrogens with one attached hydrogen (secondary N) is 1. The number of hydrogen-bond donors (Lipinski definition) is 1. The van der Waals surface area contributed by atoms with Crippen molar-refractivity contribution in [3.05, 3.63) is 62.3 Å². The molecule has 0 saturated carbocycles. The summed E-state index contributed by atoms with van der Waals surface area (Å²) in [5, 5.41) is 24.3. The van der Waals surface area contributed by atoms with E-state index in [0.29, 0.717) is 11.3 Å². The number of nitrogens with zero attached hydrogens (tertiary/aromatic N) is 3. The van der Waals surface area contributed by atoms with Crippen LogP contribution >= 0.6 is 0 Å². The highest BCUT2D eigenvalue weighted by atomic mass is 16.6. The van der Waals surface area contributed by atoms with Crippen LogP contribution in [0.2, 0.25) is 0 Å². The zero-order valence-corrected chi connectivity index (χ0v) is 11.3. The molecule has 1 aromatic carbocycles. The van der Waals surface area contributed by atoms with Gasteiger partial charge in [0.15, 0.2) is 5.78 Å². The Hall–Kier alpha value is -3.36. The number of benzene rings is 1. The van der Waals surface area contributed by atoms with Gasteiger partial charge in [-0.05, 0) is 31.2 Å². The second-order valence-electron chi connectivity index (χ2n) is 4.33. The van der Waals surface area contributed by atoms with Crippen molar-refractivity contribution < 1.29 is 14.6 Å². The van der Waals surface area contributed by atoms with Gasteiger partial charge in [-0.3, -0.25) is 25.0 Å². The molecule has 2 aromatic rings. The highest BCUT2D eigenvalue weighted by molar-refractivity contribution is 5.94. The molecule has 1 N–H and O–H groups in total. The largest absolute Gasteiger partial charge is 0.334 e. The van der Waals surface area contributed by atoms with Crippen LogP contribution in [0.3, 0.4) is 0 Å². The van der Waals surface area contributed by atoms with Crippen LogP contribution in [0, 0.1) is 20.2 Å². The summed E-state index contributed by atoms with van der Waals surface area (Å²) >= 11 is 0. The molecule has 22 heavy (non-hydrogen) atoms. The summed E-state index contributed by atoms with van der Waals surface area (Å²) < 4.78 is 0. The zero-order valence-electron chi connectivity index (χ0n) is 11.3. The van der Waals surface area contributed by atoms with E-state index in [9.17, 15) is 25.0 Å². The summed E-state index contributed by atoms with van der Waals surface area (Å²) in [6.45, 7) is 1.42. The Bertz CT molecular complexity index is 758. The first-order chi connectivity index (χ1) is 10.4. The standard InChI is InChI=1S/C13H10N4O5/c1-8(18)9-2-4-10(5-3-9)15-13-12(17(21)22)6-11(7-14-13)16(19)20/h2-7H,1H3,(H,14,15). The third-order valence-electron chi connectivity index (χ3n) is 2.81. The van der Waals surface area contributed by atoms with Gasteiger partial charge in [-0.2, -0.15) is 0 Å². The summed E-state index contributed by atoms with van der Waals surface area (Å²) in [5.74, 6) is -0.225. The molecule has 0 unspecified atom stereocenters. The molecule has 0 bridgehead atoms. The molecule has 1 aromatic heterocycles. The maximum absolute atomic E-state index is 11.2. The van der Waals surface area contributed by atoms with E-state index < -0.39 is 21.2 Å². The molecule has 0 aliphatic heterocycles. The molecule has 112 valence electrons. The molecule has 0 atom stereocenters. The first-order valence-corrected chi connectivity index (χ1v) is 6.05. The Morgan fingerprint density at radius 3 is 2.27 bits per heavy atom. The lowest BCUT2D eigenvalue weighted by Gasteiger charge is -2.06. The fourth-order valence-corrected chi connectivity index (χ4v) is 1.70. The second kappa shape index (κ2) is 5.95. The van der Waals surface area contributed by atoms with Gasteiger partial charge in [0, 0.05) is 11.3 Å². The maximum atomic E-state index is 11.2. The number of rotatable bonds is 5. The van der Waals surface area contributed by atoms with Crippen molar-refractivity contribution in [2.45, 2.75) is 6.92 Å². The Morgan fingerprint density at radius 1 is 1.14 bits per heavy atom. The van der Waals surface area contributed by atoms with E-state index >= 15 is 0 Å². The number of aromatic nitrogens is 1. The van der Waals surface area contributed by atoms with Gasteiger partial charge in [0.05, 0.1) is 15.9 Å². The Morgan fingerprint density at radius 2 is 1.77 bits per heavy atom. The predicted molar refractivity (Wildman–Crippen MR) is 77.3 cm³/mol. The third kappa shape index (κ3) is 3.20. The predicted octanol–water partition coefficient (Wildman–Crippen LogP) is 2.84. The maximum Gasteiger partial charge on any atom is 0.318 e. The van der Waals surface area contributed by atoms with Gasteiger partial charge in [-0.25, -0.2) is 4.98 Å². The molecule has 0 aliphatic carbocycles. The summed E-state index contributed by atoms with van der Waals surface area (Å²) in [7, 11) is 0. The number of nitro groups is 2. The quantitative estimate of drug-likeness (QED) is 0.510. The molecule has 9 nitrogen and oxygen atoms in total. The van der Waals surface area contributed by atoms with E-state index in [4.69, 9.17) is 0 Å². The number of carbonyl (C=O) groups excluding carboxylic acids is 1. The van der Waals surface area contributed by atoms with Crippen LogP contribution in [0.15, 0.2) is 36.5 Å². The lowest BCUT2D eigenvalue weighted by molar-refractivity contribution is -0.394.